The number of rotatable bonds is 7. The molecule has 1 aliphatic rings. The quantitative estimate of drug-likeness (QED) is 0.381. The number of allylic oxidation sites excluding steroid dienone is 1. The Hall–Kier alpha value is -1.73. The zero-order chi connectivity index (χ0) is 16.7. The lowest BCUT2D eigenvalue weighted by Gasteiger charge is -2.21. The van der Waals surface area contributed by atoms with Crippen molar-refractivity contribution in [2.75, 3.05) is 28.2 Å². The van der Waals surface area contributed by atoms with E-state index in [0.29, 0.717) is 12.8 Å². The number of carbonyl (C=O) groups is 3. The highest BCUT2D eigenvalue weighted by atomic mass is 16.7. The van der Waals surface area contributed by atoms with Crippen molar-refractivity contribution in [3.8, 4) is 0 Å². The van der Waals surface area contributed by atoms with E-state index in [1.807, 2.05) is 6.08 Å². The number of aldehydes is 1. The summed E-state index contributed by atoms with van der Waals surface area (Å²) in [6.07, 6.45) is 3.68. The summed E-state index contributed by atoms with van der Waals surface area (Å²) in [5.74, 6) is -0.617. The van der Waals surface area contributed by atoms with Crippen LogP contribution in [-0.4, -0.2) is 74.6 Å². The van der Waals surface area contributed by atoms with Gasteiger partial charge >= 0.3 is 0 Å². The first kappa shape index (κ1) is 18.3. The van der Waals surface area contributed by atoms with Gasteiger partial charge in [-0.25, -0.2) is 0 Å². The summed E-state index contributed by atoms with van der Waals surface area (Å²) in [5, 5.41) is 0. The van der Waals surface area contributed by atoms with E-state index in [0.717, 1.165) is 12.7 Å². The molecule has 7 nitrogen and oxygen atoms in total. The van der Waals surface area contributed by atoms with E-state index in [2.05, 4.69) is 0 Å². The van der Waals surface area contributed by atoms with Crippen LogP contribution < -0.4 is 0 Å². The Kier molecular flexibility index (Phi) is 7.20. The summed E-state index contributed by atoms with van der Waals surface area (Å²) in [4.78, 5) is 37.2. The molecule has 1 fully saturated rings. The molecule has 2 amide bonds. The zero-order valence-corrected chi connectivity index (χ0v) is 13.5. The third kappa shape index (κ3) is 4.92. The van der Waals surface area contributed by atoms with Crippen molar-refractivity contribution in [1.82, 2.24) is 9.80 Å². The lowest BCUT2D eigenvalue weighted by molar-refractivity contribution is -0.146. The van der Waals surface area contributed by atoms with Crippen LogP contribution in [0.5, 0.6) is 0 Å². The van der Waals surface area contributed by atoms with Crippen molar-refractivity contribution < 1.29 is 23.9 Å². The molecule has 0 aromatic heterocycles. The minimum absolute atomic E-state index is 0.308. The van der Waals surface area contributed by atoms with E-state index in [-0.39, 0.29) is 11.8 Å². The van der Waals surface area contributed by atoms with Crippen LogP contribution in [0.2, 0.25) is 0 Å². The van der Waals surface area contributed by atoms with Gasteiger partial charge in [0.15, 0.2) is 18.5 Å². The maximum absolute atomic E-state index is 12.1. The van der Waals surface area contributed by atoms with Gasteiger partial charge in [-0.3, -0.25) is 9.59 Å². The van der Waals surface area contributed by atoms with E-state index >= 15 is 0 Å². The summed E-state index contributed by atoms with van der Waals surface area (Å²) >= 11 is 0. The van der Waals surface area contributed by atoms with Gasteiger partial charge in [0.1, 0.15) is 6.29 Å². The molecular weight excluding hydrogens is 288 g/mol. The van der Waals surface area contributed by atoms with E-state index in [9.17, 15) is 14.4 Å². The summed E-state index contributed by atoms with van der Waals surface area (Å²) in [7, 11) is 6.41. The maximum atomic E-state index is 12.1. The van der Waals surface area contributed by atoms with Gasteiger partial charge in [0.2, 0.25) is 0 Å². The Bertz CT molecular complexity index is 406. The highest BCUT2D eigenvalue weighted by Crippen LogP contribution is 2.23. The Morgan fingerprint density at radius 2 is 1.45 bits per heavy atom. The fourth-order valence-electron chi connectivity index (χ4n) is 1.97. The third-order valence-corrected chi connectivity index (χ3v) is 3.19. The summed E-state index contributed by atoms with van der Waals surface area (Å²) in [6, 6.07) is 0. The smallest absolute Gasteiger partial charge is 0.254 e. The van der Waals surface area contributed by atoms with Gasteiger partial charge in [0.25, 0.3) is 11.8 Å². The fourth-order valence-corrected chi connectivity index (χ4v) is 1.97. The molecule has 1 heterocycles. The molecule has 1 aliphatic heterocycles. The molecule has 124 valence electrons. The van der Waals surface area contributed by atoms with Crippen LogP contribution in [0.1, 0.15) is 19.3 Å². The minimum Gasteiger partial charge on any atom is -0.346 e. The standard InChI is InChI=1S/C15H24N2O5/c1-16(2)14(19)12-13(15(20)17(3)4)22-11(21-12)9-7-5-6-8-10-18/h7,9-13H,5-6,8H2,1-4H3/b9-7+/t12-,13-/m1/s1. The van der Waals surface area contributed by atoms with Crippen molar-refractivity contribution in [3.05, 3.63) is 12.2 Å². The molecule has 0 radical (unpaired) electrons. The number of hydrogen-bond donors (Lipinski definition) is 0. The molecule has 2 atom stereocenters. The van der Waals surface area contributed by atoms with Gasteiger partial charge in [-0.15, -0.1) is 0 Å². The molecule has 0 bridgehead atoms. The molecular formula is C15H24N2O5. The third-order valence-electron chi connectivity index (χ3n) is 3.19. The average molecular weight is 312 g/mol. The number of ether oxygens (including phenoxy) is 2. The monoisotopic (exact) mass is 312 g/mol. The molecule has 1 saturated heterocycles. The Labute approximate surface area is 130 Å². The predicted molar refractivity (Wildman–Crippen MR) is 80.0 cm³/mol. The van der Waals surface area contributed by atoms with E-state index in [1.165, 1.54) is 9.80 Å². The maximum Gasteiger partial charge on any atom is 0.254 e. The van der Waals surface area contributed by atoms with Gasteiger partial charge in [0, 0.05) is 34.6 Å². The molecule has 0 saturated carbocycles. The van der Waals surface area contributed by atoms with Crippen LogP contribution in [0.4, 0.5) is 0 Å². The number of hydrogen-bond acceptors (Lipinski definition) is 5. The SMILES string of the molecule is CN(C)C(=O)[C@@H]1OC(/C=C/CCCC=O)O[C@H]1C(=O)N(C)C. The average Bonchev–Trinajstić information content (AvgIpc) is 2.89. The summed E-state index contributed by atoms with van der Waals surface area (Å²) < 4.78 is 11.1. The first-order valence-corrected chi connectivity index (χ1v) is 7.22. The second-order valence-electron chi connectivity index (χ2n) is 5.47. The number of amides is 2. The van der Waals surface area contributed by atoms with Gasteiger partial charge < -0.3 is 24.1 Å². The van der Waals surface area contributed by atoms with Crippen LogP contribution in [0.15, 0.2) is 12.2 Å². The molecule has 0 N–H and O–H groups in total. The summed E-state index contributed by atoms with van der Waals surface area (Å²) in [5.41, 5.74) is 0. The number of likely N-dealkylation sites (N-methyl/N-ethyl adjacent to an activating group) is 2. The van der Waals surface area contributed by atoms with Crippen LogP contribution in [0, 0.1) is 0 Å². The molecule has 7 heteroatoms. The summed E-state index contributed by atoms with van der Waals surface area (Å²) in [6.45, 7) is 0. The first-order valence-electron chi connectivity index (χ1n) is 7.22. The van der Waals surface area contributed by atoms with Crippen LogP contribution in [-0.2, 0) is 23.9 Å². The lowest BCUT2D eigenvalue weighted by atomic mass is 10.1. The molecule has 0 aliphatic carbocycles. The van der Waals surface area contributed by atoms with Gasteiger partial charge in [-0.05, 0) is 18.9 Å². The highest BCUT2D eigenvalue weighted by Gasteiger charge is 2.45. The predicted octanol–water partition coefficient (Wildman–Crippen LogP) is 0.198. The Morgan fingerprint density at radius 1 is 0.955 bits per heavy atom. The van der Waals surface area contributed by atoms with Crippen molar-refractivity contribution in [1.29, 1.82) is 0 Å². The van der Waals surface area contributed by atoms with E-state index in [4.69, 9.17) is 9.47 Å². The molecule has 1 rings (SSSR count). The Morgan fingerprint density at radius 3 is 1.86 bits per heavy atom. The first-order chi connectivity index (χ1) is 10.4. The topological polar surface area (TPSA) is 76.1 Å². The molecule has 0 unspecified atom stereocenters. The molecule has 0 aromatic carbocycles. The van der Waals surface area contributed by atoms with Gasteiger partial charge in [-0.1, -0.05) is 6.08 Å². The van der Waals surface area contributed by atoms with Crippen molar-refractivity contribution in [2.24, 2.45) is 0 Å². The molecule has 0 spiro atoms. The van der Waals surface area contributed by atoms with Crippen LogP contribution in [0.25, 0.3) is 0 Å². The van der Waals surface area contributed by atoms with E-state index in [1.54, 1.807) is 34.3 Å². The second-order valence-corrected chi connectivity index (χ2v) is 5.47. The lowest BCUT2D eigenvalue weighted by Crippen LogP contribution is -2.47. The van der Waals surface area contributed by atoms with Crippen molar-refractivity contribution >= 4 is 18.1 Å². The van der Waals surface area contributed by atoms with E-state index < -0.39 is 18.5 Å². The van der Waals surface area contributed by atoms with Crippen molar-refractivity contribution in [3.63, 3.8) is 0 Å². The van der Waals surface area contributed by atoms with Gasteiger partial charge in [0.05, 0.1) is 0 Å². The highest BCUT2D eigenvalue weighted by molar-refractivity contribution is 5.91. The number of nitrogens with zero attached hydrogens (tertiary/aromatic N) is 2. The van der Waals surface area contributed by atoms with Crippen molar-refractivity contribution in [2.45, 2.75) is 37.8 Å². The largest absolute Gasteiger partial charge is 0.346 e. The van der Waals surface area contributed by atoms with Crippen LogP contribution in [0.3, 0.4) is 0 Å². The number of unbranched alkanes of at least 4 members (excludes halogenated alkanes) is 2. The second kappa shape index (κ2) is 8.65. The van der Waals surface area contributed by atoms with Gasteiger partial charge in [-0.2, -0.15) is 0 Å². The normalized spacial score (nSPS) is 22.0. The Balaban J connectivity index is 2.71. The van der Waals surface area contributed by atoms with Crippen LogP contribution >= 0.6 is 0 Å². The molecule has 22 heavy (non-hydrogen) atoms. The molecule has 0 aromatic rings. The number of carbonyl (C=O) groups excluding carboxylic acids is 3. The zero-order valence-electron chi connectivity index (χ0n) is 13.5. The minimum atomic E-state index is -0.950. The fraction of sp³-hybridized carbons (Fsp3) is 0.667.